The minimum Gasteiger partial charge on any atom is -0.320 e. The van der Waals surface area contributed by atoms with E-state index in [1.54, 1.807) is 0 Å². The molecule has 0 aliphatic heterocycles. The summed E-state index contributed by atoms with van der Waals surface area (Å²) >= 11 is 1.88. The normalized spacial score (nSPS) is 23.9. The molecule has 17 heavy (non-hydrogen) atoms. The summed E-state index contributed by atoms with van der Waals surface area (Å²) in [6.45, 7) is 2.18. The maximum absolute atomic E-state index is 6.51. The van der Waals surface area contributed by atoms with E-state index in [-0.39, 0.29) is 5.54 Å². The van der Waals surface area contributed by atoms with Gasteiger partial charge in [-0.2, -0.15) is 0 Å². The standard InChI is InChI=1S/C14H22N2S/c1-14(15,9-10-5-4-6-10)13-16-11-7-2-3-8-12(11)17-13/h10H,2-9,15H2,1H3. The van der Waals surface area contributed by atoms with Gasteiger partial charge < -0.3 is 5.73 Å². The van der Waals surface area contributed by atoms with Crippen LogP contribution in [0.15, 0.2) is 0 Å². The van der Waals surface area contributed by atoms with Crippen molar-refractivity contribution in [1.29, 1.82) is 0 Å². The quantitative estimate of drug-likeness (QED) is 0.893. The Morgan fingerprint density at radius 1 is 1.29 bits per heavy atom. The number of aryl methyl sites for hydroxylation is 2. The van der Waals surface area contributed by atoms with Gasteiger partial charge in [0.05, 0.1) is 11.2 Å². The average Bonchev–Trinajstić information content (AvgIpc) is 2.68. The molecule has 0 radical (unpaired) electrons. The van der Waals surface area contributed by atoms with E-state index in [0.29, 0.717) is 0 Å². The van der Waals surface area contributed by atoms with Crippen molar-refractivity contribution in [3.63, 3.8) is 0 Å². The Hall–Kier alpha value is -0.410. The Morgan fingerprint density at radius 2 is 2.06 bits per heavy atom. The van der Waals surface area contributed by atoms with Gasteiger partial charge in [-0.1, -0.05) is 19.3 Å². The highest BCUT2D eigenvalue weighted by Gasteiger charge is 2.32. The van der Waals surface area contributed by atoms with E-state index >= 15 is 0 Å². The first-order chi connectivity index (χ1) is 8.15. The fraction of sp³-hybridized carbons (Fsp3) is 0.786. The Bertz CT molecular complexity index is 381. The first-order valence-electron chi connectivity index (χ1n) is 6.93. The van der Waals surface area contributed by atoms with E-state index in [1.807, 2.05) is 11.3 Å². The number of hydrogen-bond acceptors (Lipinski definition) is 3. The van der Waals surface area contributed by atoms with Gasteiger partial charge in [-0.3, -0.25) is 0 Å². The molecule has 2 N–H and O–H groups in total. The van der Waals surface area contributed by atoms with Crippen LogP contribution in [0.4, 0.5) is 0 Å². The molecular formula is C14H22N2S. The van der Waals surface area contributed by atoms with Crippen LogP contribution in [-0.4, -0.2) is 4.98 Å². The van der Waals surface area contributed by atoms with Crippen molar-refractivity contribution in [3.8, 4) is 0 Å². The molecule has 3 heteroatoms. The molecule has 1 fully saturated rings. The molecule has 0 spiro atoms. The second kappa shape index (κ2) is 4.36. The number of fused-ring (bicyclic) bond motifs is 1. The van der Waals surface area contributed by atoms with Gasteiger partial charge in [-0.25, -0.2) is 4.98 Å². The summed E-state index contributed by atoms with van der Waals surface area (Å²) in [5.74, 6) is 0.853. The van der Waals surface area contributed by atoms with Crippen LogP contribution in [0, 0.1) is 5.92 Å². The van der Waals surface area contributed by atoms with Crippen molar-refractivity contribution >= 4 is 11.3 Å². The molecule has 0 amide bonds. The lowest BCUT2D eigenvalue weighted by Gasteiger charge is -2.33. The van der Waals surface area contributed by atoms with E-state index in [2.05, 4.69) is 6.92 Å². The Kier molecular flexibility index (Phi) is 2.99. The molecule has 1 saturated carbocycles. The summed E-state index contributed by atoms with van der Waals surface area (Å²) in [5, 5.41) is 1.19. The second-order valence-corrected chi connectivity index (χ2v) is 7.10. The molecule has 0 saturated heterocycles. The third-order valence-corrected chi connectivity index (χ3v) is 5.71. The minimum absolute atomic E-state index is 0.187. The molecule has 2 aliphatic rings. The predicted octanol–water partition coefficient (Wildman–Crippen LogP) is 3.39. The van der Waals surface area contributed by atoms with E-state index in [0.717, 1.165) is 12.3 Å². The van der Waals surface area contributed by atoms with Crippen molar-refractivity contribution in [1.82, 2.24) is 4.98 Å². The summed E-state index contributed by atoms with van der Waals surface area (Å²) in [7, 11) is 0. The van der Waals surface area contributed by atoms with Crippen molar-refractivity contribution in [2.75, 3.05) is 0 Å². The summed E-state index contributed by atoms with van der Waals surface area (Å²) in [4.78, 5) is 6.34. The van der Waals surface area contributed by atoms with Crippen LogP contribution < -0.4 is 5.73 Å². The Labute approximate surface area is 108 Å². The SMILES string of the molecule is CC(N)(CC1CCC1)c1nc2c(s1)CCCC2. The van der Waals surface area contributed by atoms with Crippen LogP contribution in [0.5, 0.6) is 0 Å². The van der Waals surface area contributed by atoms with Gasteiger partial charge in [0.15, 0.2) is 0 Å². The zero-order chi connectivity index (χ0) is 11.9. The maximum Gasteiger partial charge on any atom is 0.113 e. The first-order valence-corrected chi connectivity index (χ1v) is 7.75. The van der Waals surface area contributed by atoms with E-state index < -0.39 is 0 Å². The largest absolute Gasteiger partial charge is 0.320 e. The number of aromatic nitrogens is 1. The average molecular weight is 250 g/mol. The van der Waals surface area contributed by atoms with E-state index in [9.17, 15) is 0 Å². The van der Waals surface area contributed by atoms with Crippen molar-refractivity contribution < 1.29 is 0 Å². The van der Waals surface area contributed by atoms with Gasteiger partial charge in [0.2, 0.25) is 0 Å². The maximum atomic E-state index is 6.51. The third-order valence-electron chi connectivity index (χ3n) is 4.27. The van der Waals surface area contributed by atoms with E-state index in [4.69, 9.17) is 10.7 Å². The molecule has 0 bridgehead atoms. The molecule has 2 aliphatic carbocycles. The zero-order valence-electron chi connectivity index (χ0n) is 10.7. The monoisotopic (exact) mass is 250 g/mol. The molecular weight excluding hydrogens is 228 g/mol. The highest BCUT2D eigenvalue weighted by molar-refractivity contribution is 7.11. The molecule has 3 rings (SSSR count). The van der Waals surface area contributed by atoms with Crippen LogP contribution in [0.2, 0.25) is 0 Å². The summed E-state index contributed by atoms with van der Waals surface area (Å²) in [6, 6.07) is 0. The van der Waals surface area contributed by atoms with Gasteiger partial charge in [-0.05, 0) is 44.9 Å². The molecule has 1 unspecified atom stereocenters. The van der Waals surface area contributed by atoms with Gasteiger partial charge >= 0.3 is 0 Å². The summed E-state index contributed by atoms with van der Waals surface area (Å²) in [5.41, 5.74) is 7.67. The number of nitrogens with two attached hydrogens (primary N) is 1. The van der Waals surface area contributed by atoms with Crippen molar-refractivity contribution in [2.24, 2.45) is 11.7 Å². The van der Waals surface area contributed by atoms with Crippen LogP contribution in [-0.2, 0) is 18.4 Å². The molecule has 1 heterocycles. The number of thiazole rings is 1. The number of hydrogen-bond donors (Lipinski definition) is 1. The molecule has 0 aromatic carbocycles. The molecule has 1 aromatic rings. The number of rotatable bonds is 3. The van der Waals surface area contributed by atoms with Crippen LogP contribution in [0.25, 0.3) is 0 Å². The number of nitrogens with zero attached hydrogens (tertiary/aromatic N) is 1. The van der Waals surface area contributed by atoms with Crippen LogP contribution in [0.1, 0.15) is 61.0 Å². The zero-order valence-corrected chi connectivity index (χ0v) is 11.5. The van der Waals surface area contributed by atoms with Gasteiger partial charge in [0, 0.05) is 4.88 Å². The Balaban J connectivity index is 1.79. The smallest absolute Gasteiger partial charge is 0.113 e. The summed E-state index contributed by atoms with van der Waals surface area (Å²) < 4.78 is 0. The van der Waals surface area contributed by atoms with Gasteiger partial charge in [0.1, 0.15) is 5.01 Å². The first kappa shape index (κ1) is 11.7. The third kappa shape index (κ3) is 2.27. The van der Waals surface area contributed by atoms with Gasteiger partial charge in [-0.15, -0.1) is 11.3 Å². The van der Waals surface area contributed by atoms with Crippen molar-refractivity contribution in [3.05, 3.63) is 15.6 Å². The van der Waals surface area contributed by atoms with Crippen LogP contribution in [0.3, 0.4) is 0 Å². The molecule has 1 aromatic heterocycles. The fourth-order valence-electron chi connectivity index (χ4n) is 2.98. The lowest BCUT2D eigenvalue weighted by Crippen LogP contribution is -2.36. The molecule has 2 nitrogen and oxygen atoms in total. The lowest BCUT2D eigenvalue weighted by molar-refractivity contribution is 0.235. The Morgan fingerprint density at radius 3 is 2.71 bits per heavy atom. The summed E-state index contributed by atoms with van der Waals surface area (Å²) in [6.07, 6.45) is 10.3. The highest BCUT2D eigenvalue weighted by atomic mass is 32.1. The van der Waals surface area contributed by atoms with Gasteiger partial charge in [0.25, 0.3) is 0 Å². The lowest BCUT2D eigenvalue weighted by atomic mass is 9.77. The highest BCUT2D eigenvalue weighted by Crippen LogP contribution is 2.39. The van der Waals surface area contributed by atoms with Crippen molar-refractivity contribution in [2.45, 2.75) is 63.8 Å². The topological polar surface area (TPSA) is 38.9 Å². The molecule has 94 valence electrons. The minimum atomic E-state index is -0.187. The predicted molar refractivity (Wildman–Crippen MR) is 72.3 cm³/mol. The fourth-order valence-corrected chi connectivity index (χ4v) is 4.20. The second-order valence-electron chi connectivity index (χ2n) is 6.01. The van der Waals surface area contributed by atoms with Crippen LogP contribution >= 0.6 is 11.3 Å². The molecule has 1 atom stereocenters. The van der Waals surface area contributed by atoms with E-state index in [1.165, 1.54) is 60.5 Å².